The first-order valence-electron chi connectivity index (χ1n) is 5.73. The standard InChI is InChI=1S/C12H14N2O4/c1-3-9-11(16)13-10(15)6-14(9)12(17)8-4-5-18-7(8)2/h4-5,9H,3,6H2,1-2H3,(H,13,15,16). The normalized spacial score (nSPS) is 19.9. The largest absolute Gasteiger partial charge is 0.469 e. The molecule has 1 aliphatic heterocycles. The molecule has 1 N–H and O–H groups in total. The molecule has 1 atom stereocenters. The van der Waals surface area contributed by atoms with Crippen LogP contribution < -0.4 is 5.32 Å². The number of carbonyl (C=O) groups excluding carboxylic acids is 3. The predicted molar refractivity (Wildman–Crippen MR) is 61.7 cm³/mol. The van der Waals surface area contributed by atoms with Crippen LogP contribution in [0.25, 0.3) is 0 Å². The minimum absolute atomic E-state index is 0.103. The Morgan fingerprint density at radius 1 is 1.56 bits per heavy atom. The highest BCUT2D eigenvalue weighted by Gasteiger charge is 2.36. The molecule has 1 aromatic heterocycles. The zero-order valence-electron chi connectivity index (χ0n) is 10.2. The monoisotopic (exact) mass is 250 g/mol. The number of hydrogen-bond donors (Lipinski definition) is 1. The van der Waals surface area contributed by atoms with Crippen molar-refractivity contribution in [3.63, 3.8) is 0 Å². The van der Waals surface area contributed by atoms with Crippen LogP contribution in [0.4, 0.5) is 0 Å². The molecule has 3 amide bonds. The fourth-order valence-electron chi connectivity index (χ4n) is 2.05. The molecule has 1 fully saturated rings. The van der Waals surface area contributed by atoms with E-state index in [1.807, 2.05) is 0 Å². The summed E-state index contributed by atoms with van der Waals surface area (Å²) in [6.07, 6.45) is 1.87. The summed E-state index contributed by atoms with van der Waals surface area (Å²) in [7, 11) is 0. The molecule has 0 aromatic carbocycles. The number of aryl methyl sites for hydroxylation is 1. The third-order valence-electron chi connectivity index (χ3n) is 2.99. The minimum Gasteiger partial charge on any atom is -0.469 e. The van der Waals surface area contributed by atoms with Gasteiger partial charge in [-0.25, -0.2) is 0 Å². The van der Waals surface area contributed by atoms with Gasteiger partial charge in [0.2, 0.25) is 11.8 Å². The lowest BCUT2D eigenvalue weighted by Gasteiger charge is -2.33. The second-order valence-electron chi connectivity index (χ2n) is 4.16. The lowest BCUT2D eigenvalue weighted by atomic mass is 10.1. The Morgan fingerprint density at radius 3 is 2.83 bits per heavy atom. The van der Waals surface area contributed by atoms with Gasteiger partial charge in [0.15, 0.2) is 0 Å². The summed E-state index contributed by atoms with van der Waals surface area (Å²) < 4.78 is 5.07. The molecule has 1 aromatic rings. The van der Waals surface area contributed by atoms with Gasteiger partial charge in [-0.1, -0.05) is 6.92 Å². The van der Waals surface area contributed by atoms with Crippen LogP contribution in [0, 0.1) is 6.92 Å². The smallest absolute Gasteiger partial charge is 0.258 e. The summed E-state index contributed by atoms with van der Waals surface area (Å²) in [4.78, 5) is 36.6. The highest BCUT2D eigenvalue weighted by Crippen LogP contribution is 2.17. The minimum atomic E-state index is -0.607. The van der Waals surface area contributed by atoms with Gasteiger partial charge in [-0.2, -0.15) is 0 Å². The molecule has 96 valence electrons. The van der Waals surface area contributed by atoms with E-state index in [-0.39, 0.29) is 12.5 Å². The van der Waals surface area contributed by atoms with Gasteiger partial charge in [0.25, 0.3) is 5.91 Å². The summed E-state index contributed by atoms with van der Waals surface area (Å²) >= 11 is 0. The molecule has 1 saturated heterocycles. The highest BCUT2D eigenvalue weighted by atomic mass is 16.3. The van der Waals surface area contributed by atoms with Crippen LogP contribution in [-0.4, -0.2) is 35.2 Å². The molecule has 0 aliphatic carbocycles. The van der Waals surface area contributed by atoms with Crippen molar-refractivity contribution in [3.8, 4) is 0 Å². The fourth-order valence-corrected chi connectivity index (χ4v) is 2.05. The van der Waals surface area contributed by atoms with Crippen LogP contribution in [0.3, 0.4) is 0 Å². The van der Waals surface area contributed by atoms with E-state index >= 15 is 0 Å². The maximum absolute atomic E-state index is 12.3. The molecule has 6 nitrogen and oxygen atoms in total. The van der Waals surface area contributed by atoms with E-state index in [2.05, 4.69) is 5.32 Å². The van der Waals surface area contributed by atoms with E-state index in [1.54, 1.807) is 19.9 Å². The number of carbonyl (C=O) groups is 3. The predicted octanol–water partition coefficient (Wildman–Crippen LogP) is 0.465. The van der Waals surface area contributed by atoms with Crippen molar-refractivity contribution in [2.45, 2.75) is 26.3 Å². The number of piperazine rings is 1. The topological polar surface area (TPSA) is 79.6 Å². The van der Waals surface area contributed by atoms with Gasteiger partial charge in [-0.3, -0.25) is 19.7 Å². The van der Waals surface area contributed by atoms with Crippen LogP contribution in [0.2, 0.25) is 0 Å². The third-order valence-corrected chi connectivity index (χ3v) is 2.99. The van der Waals surface area contributed by atoms with E-state index in [0.717, 1.165) is 0 Å². The first-order chi connectivity index (χ1) is 8.54. The van der Waals surface area contributed by atoms with Gasteiger partial charge in [0, 0.05) is 0 Å². The van der Waals surface area contributed by atoms with Crippen LogP contribution in [-0.2, 0) is 9.59 Å². The van der Waals surface area contributed by atoms with Gasteiger partial charge in [-0.15, -0.1) is 0 Å². The number of nitrogens with zero attached hydrogens (tertiary/aromatic N) is 1. The zero-order chi connectivity index (χ0) is 13.3. The van der Waals surface area contributed by atoms with E-state index in [0.29, 0.717) is 17.7 Å². The molecule has 18 heavy (non-hydrogen) atoms. The van der Waals surface area contributed by atoms with E-state index in [4.69, 9.17) is 4.42 Å². The van der Waals surface area contributed by atoms with E-state index in [1.165, 1.54) is 11.2 Å². The fraction of sp³-hybridized carbons (Fsp3) is 0.417. The second-order valence-corrected chi connectivity index (χ2v) is 4.16. The van der Waals surface area contributed by atoms with Crippen molar-refractivity contribution < 1.29 is 18.8 Å². The Morgan fingerprint density at radius 2 is 2.28 bits per heavy atom. The molecule has 1 aliphatic rings. The quantitative estimate of drug-likeness (QED) is 0.773. The number of rotatable bonds is 2. The van der Waals surface area contributed by atoms with Gasteiger partial charge in [-0.05, 0) is 19.4 Å². The first kappa shape index (κ1) is 12.3. The van der Waals surface area contributed by atoms with Gasteiger partial charge < -0.3 is 9.32 Å². The molecule has 0 bridgehead atoms. The van der Waals surface area contributed by atoms with Crippen LogP contribution in [0.15, 0.2) is 16.7 Å². The van der Waals surface area contributed by atoms with Gasteiger partial charge in [0.1, 0.15) is 18.3 Å². The number of furan rings is 1. The lowest BCUT2D eigenvalue weighted by Crippen LogP contribution is -2.59. The van der Waals surface area contributed by atoms with Crippen molar-refractivity contribution in [1.29, 1.82) is 0 Å². The molecule has 0 saturated carbocycles. The van der Waals surface area contributed by atoms with Crippen molar-refractivity contribution in [2.75, 3.05) is 6.54 Å². The van der Waals surface area contributed by atoms with Gasteiger partial charge in [0.05, 0.1) is 11.8 Å². The molecule has 0 radical (unpaired) electrons. The van der Waals surface area contributed by atoms with Crippen molar-refractivity contribution in [3.05, 3.63) is 23.7 Å². The second kappa shape index (κ2) is 4.64. The average molecular weight is 250 g/mol. The maximum atomic E-state index is 12.3. The van der Waals surface area contributed by atoms with Crippen molar-refractivity contribution in [2.24, 2.45) is 0 Å². The Labute approximate surface area is 104 Å². The molecular formula is C12H14N2O4. The van der Waals surface area contributed by atoms with Crippen molar-refractivity contribution >= 4 is 17.7 Å². The number of amides is 3. The Kier molecular flexibility index (Phi) is 3.18. The zero-order valence-corrected chi connectivity index (χ0v) is 10.2. The van der Waals surface area contributed by atoms with Crippen LogP contribution >= 0.6 is 0 Å². The Bertz CT molecular complexity index is 506. The summed E-state index contributed by atoms with van der Waals surface area (Å²) in [5.74, 6) is -0.757. The summed E-state index contributed by atoms with van der Waals surface area (Å²) in [5.41, 5.74) is 0.385. The van der Waals surface area contributed by atoms with E-state index < -0.39 is 17.9 Å². The number of hydrogen-bond acceptors (Lipinski definition) is 4. The number of nitrogens with one attached hydrogen (secondary N) is 1. The SMILES string of the molecule is CCC1C(=O)NC(=O)CN1C(=O)c1ccoc1C. The molecule has 2 rings (SSSR count). The molecule has 6 heteroatoms. The van der Waals surface area contributed by atoms with Crippen LogP contribution in [0.5, 0.6) is 0 Å². The Hall–Kier alpha value is -2.11. The maximum Gasteiger partial charge on any atom is 0.258 e. The molecule has 0 spiro atoms. The van der Waals surface area contributed by atoms with Gasteiger partial charge >= 0.3 is 0 Å². The van der Waals surface area contributed by atoms with Crippen molar-refractivity contribution in [1.82, 2.24) is 10.2 Å². The summed E-state index contributed by atoms with van der Waals surface area (Å²) in [6, 6.07) is 0.936. The van der Waals surface area contributed by atoms with E-state index in [9.17, 15) is 14.4 Å². The first-order valence-corrected chi connectivity index (χ1v) is 5.73. The molecule has 1 unspecified atom stereocenters. The summed E-state index contributed by atoms with van der Waals surface area (Å²) in [5, 5.41) is 2.23. The van der Waals surface area contributed by atoms with Crippen LogP contribution in [0.1, 0.15) is 29.5 Å². The number of imide groups is 1. The Balaban J connectivity index is 2.30. The highest BCUT2D eigenvalue weighted by molar-refractivity contribution is 6.07. The average Bonchev–Trinajstić information content (AvgIpc) is 2.73. The molecular weight excluding hydrogens is 236 g/mol. The lowest BCUT2D eigenvalue weighted by molar-refractivity contribution is -0.138. The summed E-state index contributed by atoms with van der Waals surface area (Å²) in [6.45, 7) is 3.36. The molecule has 2 heterocycles. The third kappa shape index (κ3) is 2.01.